The molecule has 7 heteroatoms. The molecule has 1 aromatic rings. The zero-order valence-corrected chi connectivity index (χ0v) is 12.3. The van der Waals surface area contributed by atoms with E-state index in [0.29, 0.717) is 25.9 Å². The van der Waals surface area contributed by atoms with Gasteiger partial charge in [-0.25, -0.2) is 0 Å². The van der Waals surface area contributed by atoms with E-state index in [9.17, 15) is 14.4 Å². The number of hydrogen-bond acceptors (Lipinski definition) is 4. The Kier molecular flexibility index (Phi) is 5.57. The third-order valence-corrected chi connectivity index (χ3v) is 3.66. The highest BCUT2D eigenvalue weighted by Gasteiger charge is 2.33. The van der Waals surface area contributed by atoms with E-state index in [1.54, 1.807) is 12.1 Å². The van der Waals surface area contributed by atoms with Gasteiger partial charge >= 0.3 is 5.97 Å². The molecule has 1 aliphatic heterocycles. The second kappa shape index (κ2) is 7.63. The molecule has 1 saturated heterocycles. The average molecular weight is 308 g/mol. The summed E-state index contributed by atoms with van der Waals surface area (Å²) in [5, 5.41) is 11.3. The number of furan rings is 1. The highest BCUT2D eigenvalue weighted by Crippen LogP contribution is 2.20. The molecule has 0 radical (unpaired) electrons. The van der Waals surface area contributed by atoms with Gasteiger partial charge < -0.3 is 19.7 Å². The van der Waals surface area contributed by atoms with Crippen molar-refractivity contribution in [3.8, 4) is 0 Å². The SMILES string of the molecule is O=C(O)CCCNC(=O)C1CCCCN1C(=O)c1ccco1. The lowest BCUT2D eigenvalue weighted by atomic mass is 10.0. The largest absolute Gasteiger partial charge is 0.481 e. The molecule has 2 amide bonds. The summed E-state index contributed by atoms with van der Waals surface area (Å²) in [7, 11) is 0. The maximum absolute atomic E-state index is 12.4. The van der Waals surface area contributed by atoms with Crippen molar-refractivity contribution in [2.75, 3.05) is 13.1 Å². The van der Waals surface area contributed by atoms with Gasteiger partial charge in [-0.2, -0.15) is 0 Å². The average Bonchev–Trinajstić information content (AvgIpc) is 3.05. The summed E-state index contributed by atoms with van der Waals surface area (Å²) in [5.41, 5.74) is 0. The molecule has 2 N–H and O–H groups in total. The Morgan fingerprint density at radius 1 is 1.36 bits per heavy atom. The van der Waals surface area contributed by atoms with E-state index in [-0.39, 0.29) is 24.0 Å². The Morgan fingerprint density at radius 3 is 2.86 bits per heavy atom. The van der Waals surface area contributed by atoms with Crippen LogP contribution in [0.25, 0.3) is 0 Å². The van der Waals surface area contributed by atoms with Gasteiger partial charge in [0.05, 0.1) is 6.26 Å². The summed E-state index contributed by atoms with van der Waals surface area (Å²) in [5.74, 6) is -1.17. The lowest BCUT2D eigenvalue weighted by molar-refractivity contribution is -0.137. The van der Waals surface area contributed by atoms with Gasteiger partial charge in [-0.3, -0.25) is 14.4 Å². The molecular formula is C15H20N2O5. The van der Waals surface area contributed by atoms with E-state index in [2.05, 4.69) is 5.32 Å². The van der Waals surface area contributed by atoms with Crippen LogP contribution in [0.5, 0.6) is 0 Å². The van der Waals surface area contributed by atoms with Gasteiger partial charge in [0.2, 0.25) is 5.91 Å². The number of piperidine rings is 1. The van der Waals surface area contributed by atoms with Gasteiger partial charge in [-0.1, -0.05) is 0 Å². The first-order chi connectivity index (χ1) is 10.6. The summed E-state index contributed by atoms with van der Waals surface area (Å²) in [6.07, 6.45) is 4.17. The monoisotopic (exact) mass is 308 g/mol. The fourth-order valence-corrected chi connectivity index (χ4v) is 2.56. The van der Waals surface area contributed by atoms with Crippen LogP contribution in [-0.4, -0.2) is 46.9 Å². The van der Waals surface area contributed by atoms with Crippen molar-refractivity contribution in [1.29, 1.82) is 0 Å². The van der Waals surface area contributed by atoms with E-state index in [0.717, 1.165) is 12.8 Å². The van der Waals surface area contributed by atoms with Crippen molar-refractivity contribution < 1.29 is 23.9 Å². The molecule has 1 fully saturated rings. The number of hydrogen-bond donors (Lipinski definition) is 2. The predicted molar refractivity (Wildman–Crippen MR) is 77.3 cm³/mol. The second-order valence-corrected chi connectivity index (χ2v) is 5.28. The molecule has 1 atom stereocenters. The lowest BCUT2D eigenvalue weighted by Crippen LogP contribution is -2.52. The first-order valence-electron chi connectivity index (χ1n) is 7.43. The van der Waals surface area contributed by atoms with Gasteiger partial charge in [0.25, 0.3) is 5.91 Å². The number of nitrogens with one attached hydrogen (secondary N) is 1. The molecule has 1 unspecified atom stereocenters. The molecule has 0 spiro atoms. The fraction of sp³-hybridized carbons (Fsp3) is 0.533. The Morgan fingerprint density at radius 2 is 2.18 bits per heavy atom. The van der Waals surface area contributed by atoms with Crippen LogP contribution < -0.4 is 5.32 Å². The van der Waals surface area contributed by atoms with Gasteiger partial charge in [0.1, 0.15) is 6.04 Å². The molecule has 22 heavy (non-hydrogen) atoms. The van der Waals surface area contributed by atoms with Crippen molar-refractivity contribution >= 4 is 17.8 Å². The normalized spacial score (nSPS) is 18.0. The van der Waals surface area contributed by atoms with Crippen LogP contribution >= 0.6 is 0 Å². The minimum absolute atomic E-state index is 0.0139. The summed E-state index contributed by atoms with van der Waals surface area (Å²) >= 11 is 0. The lowest BCUT2D eigenvalue weighted by Gasteiger charge is -2.34. The Hall–Kier alpha value is -2.31. The molecular weight excluding hydrogens is 288 g/mol. The van der Waals surface area contributed by atoms with Crippen molar-refractivity contribution in [3.63, 3.8) is 0 Å². The molecule has 1 aliphatic rings. The van der Waals surface area contributed by atoms with E-state index in [1.807, 2.05) is 0 Å². The molecule has 2 heterocycles. The first-order valence-corrected chi connectivity index (χ1v) is 7.43. The van der Waals surface area contributed by atoms with Gasteiger partial charge in [0.15, 0.2) is 5.76 Å². The predicted octanol–water partition coefficient (Wildman–Crippen LogP) is 1.26. The van der Waals surface area contributed by atoms with Crippen LogP contribution in [0.2, 0.25) is 0 Å². The third-order valence-electron chi connectivity index (χ3n) is 3.66. The Labute approximate surface area is 128 Å². The standard InChI is InChI=1S/C15H20N2O5/c18-13(19)7-3-8-16-14(20)11-5-1-2-9-17(11)15(21)12-6-4-10-22-12/h4,6,10-11H,1-3,5,7-9H2,(H,16,20)(H,18,19). The topological polar surface area (TPSA) is 99.9 Å². The van der Waals surface area contributed by atoms with E-state index in [4.69, 9.17) is 9.52 Å². The first kappa shape index (κ1) is 16.1. The molecule has 0 aliphatic carbocycles. The van der Waals surface area contributed by atoms with Crippen LogP contribution in [0.15, 0.2) is 22.8 Å². The quantitative estimate of drug-likeness (QED) is 0.771. The summed E-state index contributed by atoms with van der Waals surface area (Å²) in [6.45, 7) is 0.817. The summed E-state index contributed by atoms with van der Waals surface area (Å²) in [6, 6.07) is 2.70. The minimum atomic E-state index is -0.887. The van der Waals surface area contributed by atoms with Crippen LogP contribution in [-0.2, 0) is 9.59 Å². The molecule has 7 nitrogen and oxygen atoms in total. The number of carboxylic acids is 1. The third kappa shape index (κ3) is 4.09. The number of carbonyl (C=O) groups excluding carboxylic acids is 2. The maximum Gasteiger partial charge on any atom is 0.303 e. The zero-order chi connectivity index (χ0) is 15.9. The molecule has 0 aromatic carbocycles. The number of nitrogens with zero attached hydrogens (tertiary/aromatic N) is 1. The van der Waals surface area contributed by atoms with Gasteiger partial charge in [-0.15, -0.1) is 0 Å². The van der Waals surface area contributed by atoms with Crippen molar-refractivity contribution in [2.24, 2.45) is 0 Å². The number of aliphatic carboxylic acids is 1. The highest BCUT2D eigenvalue weighted by molar-refractivity contribution is 5.95. The van der Waals surface area contributed by atoms with Crippen LogP contribution in [0, 0.1) is 0 Å². The van der Waals surface area contributed by atoms with E-state index >= 15 is 0 Å². The minimum Gasteiger partial charge on any atom is -0.481 e. The Balaban J connectivity index is 1.93. The molecule has 120 valence electrons. The highest BCUT2D eigenvalue weighted by atomic mass is 16.4. The summed E-state index contributed by atoms with van der Waals surface area (Å²) in [4.78, 5) is 36.6. The van der Waals surface area contributed by atoms with E-state index < -0.39 is 12.0 Å². The van der Waals surface area contributed by atoms with Gasteiger partial charge in [0, 0.05) is 19.5 Å². The molecule has 1 aromatic heterocycles. The molecule has 2 rings (SSSR count). The van der Waals surface area contributed by atoms with Crippen molar-refractivity contribution in [3.05, 3.63) is 24.2 Å². The fourth-order valence-electron chi connectivity index (χ4n) is 2.56. The Bertz CT molecular complexity index is 526. The molecule has 0 saturated carbocycles. The van der Waals surface area contributed by atoms with E-state index in [1.165, 1.54) is 11.2 Å². The van der Waals surface area contributed by atoms with Gasteiger partial charge in [-0.05, 0) is 37.8 Å². The van der Waals surface area contributed by atoms with Crippen LogP contribution in [0.3, 0.4) is 0 Å². The number of rotatable bonds is 6. The van der Waals surface area contributed by atoms with Crippen molar-refractivity contribution in [1.82, 2.24) is 10.2 Å². The number of carbonyl (C=O) groups is 3. The number of carboxylic acid groups (broad SMARTS) is 1. The smallest absolute Gasteiger partial charge is 0.303 e. The van der Waals surface area contributed by atoms with Crippen LogP contribution in [0.1, 0.15) is 42.7 Å². The van der Waals surface area contributed by atoms with Crippen molar-refractivity contribution in [2.45, 2.75) is 38.1 Å². The molecule has 0 bridgehead atoms. The summed E-state index contributed by atoms with van der Waals surface area (Å²) < 4.78 is 5.11. The second-order valence-electron chi connectivity index (χ2n) is 5.28. The van der Waals surface area contributed by atoms with Crippen LogP contribution in [0.4, 0.5) is 0 Å². The number of amides is 2. The number of likely N-dealkylation sites (tertiary alicyclic amines) is 1. The maximum atomic E-state index is 12.4. The zero-order valence-electron chi connectivity index (χ0n) is 12.3.